The molecule has 8 heteroatoms. The standard InChI is InChI=1S/C22H18FNO5S/c1-15(21(25)16-7-3-2-4-8-16)29-22(26)19-9-5-6-10-20(19)24-30(27,28)18-13-11-17(23)12-14-18/h2-15,24H,1H3/t15-/m1/s1. The van der Waals surface area contributed by atoms with Crippen molar-refractivity contribution < 1.29 is 27.1 Å². The number of para-hydroxylation sites is 1. The molecule has 3 aromatic carbocycles. The first-order valence-corrected chi connectivity index (χ1v) is 10.4. The first-order valence-electron chi connectivity index (χ1n) is 8.95. The molecule has 0 spiro atoms. The molecule has 30 heavy (non-hydrogen) atoms. The Balaban J connectivity index is 1.80. The first kappa shape index (κ1) is 21.2. The van der Waals surface area contributed by atoms with Crippen LogP contribution in [0.25, 0.3) is 0 Å². The van der Waals surface area contributed by atoms with Crippen molar-refractivity contribution in [2.45, 2.75) is 17.9 Å². The van der Waals surface area contributed by atoms with Gasteiger partial charge in [-0.2, -0.15) is 0 Å². The highest BCUT2D eigenvalue weighted by Gasteiger charge is 2.23. The van der Waals surface area contributed by atoms with Crippen molar-refractivity contribution in [2.75, 3.05) is 4.72 Å². The number of anilines is 1. The van der Waals surface area contributed by atoms with E-state index in [0.29, 0.717) is 5.56 Å². The van der Waals surface area contributed by atoms with Gasteiger partial charge in [0.1, 0.15) is 5.82 Å². The summed E-state index contributed by atoms with van der Waals surface area (Å²) in [5.74, 6) is -1.81. The number of hydrogen-bond acceptors (Lipinski definition) is 5. The molecule has 0 saturated heterocycles. The number of halogens is 1. The fraction of sp³-hybridized carbons (Fsp3) is 0.0909. The van der Waals surface area contributed by atoms with Crippen LogP contribution in [-0.2, 0) is 14.8 Å². The fourth-order valence-corrected chi connectivity index (χ4v) is 3.76. The lowest BCUT2D eigenvalue weighted by atomic mass is 10.1. The van der Waals surface area contributed by atoms with E-state index >= 15 is 0 Å². The fourth-order valence-electron chi connectivity index (χ4n) is 2.68. The smallest absolute Gasteiger partial charge is 0.340 e. The van der Waals surface area contributed by atoms with Gasteiger partial charge < -0.3 is 4.74 Å². The van der Waals surface area contributed by atoms with Crippen LogP contribution in [0.4, 0.5) is 10.1 Å². The van der Waals surface area contributed by atoms with Crippen LogP contribution >= 0.6 is 0 Å². The number of carbonyl (C=O) groups excluding carboxylic acids is 2. The Morgan fingerprint density at radius 3 is 2.17 bits per heavy atom. The van der Waals surface area contributed by atoms with E-state index in [1.54, 1.807) is 30.3 Å². The van der Waals surface area contributed by atoms with Gasteiger partial charge in [0.15, 0.2) is 6.10 Å². The summed E-state index contributed by atoms with van der Waals surface area (Å²) in [5.41, 5.74) is 0.310. The third-order valence-corrected chi connectivity index (χ3v) is 5.61. The molecule has 0 saturated carbocycles. The van der Waals surface area contributed by atoms with Gasteiger partial charge in [0.2, 0.25) is 5.78 Å². The van der Waals surface area contributed by atoms with Gasteiger partial charge in [-0.3, -0.25) is 9.52 Å². The highest BCUT2D eigenvalue weighted by Crippen LogP contribution is 2.22. The normalized spacial score (nSPS) is 12.1. The van der Waals surface area contributed by atoms with Crippen LogP contribution in [0, 0.1) is 5.82 Å². The Morgan fingerprint density at radius 1 is 0.900 bits per heavy atom. The largest absolute Gasteiger partial charge is 0.451 e. The summed E-state index contributed by atoms with van der Waals surface area (Å²) in [6, 6.07) is 18.5. The van der Waals surface area contributed by atoms with Crippen molar-refractivity contribution in [2.24, 2.45) is 0 Å². The van der Waals surface area contributed by atoms with Crippen LogP contribution in [0.3, 0.4) is 0 Å². The second kappa shape index (κ2) is 8.87. The molecule has 154 valence electrons. The second-order valence-electron chi connectivity index (χ2n) is 6.38. The van der Waals surface area contributed by atoms with Crippen LogP contribution in [0.2, 0.25) is 0 Å². The number of ether oxygens (including phenoxy) is 1. The number of ketones is 1. The zero-order valence-electron chi connectivity index (χ0n) is 15.9. The van der Waals surface area contributed by atoms with Crippen LogP contribution in [0.5, 0.6) is 0 Å². The average Bonchev–Trinajstić information content (AvgIpc) is 2.74. The second-order valence-corrected chi connectivity index (χ2v) is 8.07. The molecule has 0 aromatic heterocycles. The minimum Gasteiger partial charge on any atom is -0.451 e. The number of hydrogen-bond donors (Lipinski definition) is 1. The molecule has 3 aromatic rings. The monoisotopic (exact) mass is 427 g/mol. The van der Waals surface area contributed by atoms with Gasteiger partial charge in [-0.05, 0) is 43.3 Å². The number of benzene rings is 3. The van der Waals surface area contributed by atoms with Crippen molar-refractivity contribution in [1.29, 1.82) is 0 Å². The molecule has 0 fully saturated rings. The van der Waals surface area contributed by atoms with Crippen LogP contribution in [0.1, 0.15) is 27.6 Å². The molecule has 0 heterocycles. The Morgan fingerprint density at radius 2 is 1.50 bits per heavy atom. The molecule has 0 aliphatic rings. The molecular formula is C22H18FNO5S. The van der Waals surface area contributed by atoms with Gasteiger partial charge in [0.05, 0.1) is 16.1 Å². The maximum absolute atomic E-state index is 13.1. The SMILES string of the molecule is C[C@@H](OC(=O)c1ccccc1NS(=O)(=O)c1ccc(F)cc1)C(=O)c1ccccc1. The summed E-state index contributed by atoms with van der Waals surface area (Å²) in [4.78, 5) is 24.9. The summed E-state index contributed by atoms with van der Waals surface area (Å²) in [6.07, 6.45) is -1.07. The van der Waals surface area contributed by atoms with Gasteiger partial charge in [-0.15, -0.1) is 0 Å². The highest BCUT2D eigenvalue weighted by molar-refractivity contribution is 7.92. The van der Waals surface area contributed by atoms with Crippen molar-refractivity contribution in [3.05, 3.63) is 95.8 Å². The predicted octanol–water partition coefficient (Wildman–Crippen LogP) is 4.05. The number of sulfonamides is 1. The predicted molar refractivity (Wildman–Crippen MR) is 109 cm³/mol. The lowest BCUT2D eigenvalue weighted by molar-refractivity contribution is 0.0320. The summed E-state index contributed by atoms with van der Waals surface area (Å²) in [7, 11) is -4.07. The van der Waals surface area contributed by atoms with Gasteiger partial charge in [0.25, 0.3) is 10.0 Å². The number of carbonyl (C=O) groups is 2. The number of esters is 1. The Kier molecular flexibility index (Phi) is 6.27. The molecular weight excluding hydrogens is 409 g/mol. The lowest BCUT2D eigenvalue weighted by Gasteiger charge is -2.15. The molecule has 0 amide bonds. The number of nitrogens with one attached hydrogen (secondary N) is 1. The Hall–Kier alpha value is -3.52. The van der Waals surface area contributed by atoms with E-state index in [0.717, 1.165) is 24.3 Å². The number of rotatable bonds is 7. The summed E-state index contributed by atoms with van der Waals surface area (Å²) in [6.45, 7) is 1.44. The van der Waals surface area contributed by atoms with E-state index in [1.165, 1.54) is 31.2 Å². The zero-order chi connectivity index (χ0) is 21.7. The first-order chi connectivity index (χ1) is 14.3. The third-order valence-electron chi connectivity index (χ3n) is 4.23. The lowest BCUT2D eigenvalue weighted by Crippen LogP contribution is -2.25. The van der Waals surface area contributed by atoms with E-state index < -0.39 is 27.9 Å². The Labute approximate surface area is 173 Å². The van der Waals surface area contributed by atoms with E-state index in [1.807, 2.05) is 0 Å². The molecule has 0 aliphatic heterocycles. The van der Waals surface area contributed by atoms with Crippen LogP contribution in [0.15, 0.2) is 83.8 Å². The van der Waals surface area contributed by atoms with Crippen molar-refractivity contribution in [3.8, 4) is 0 Å². The Bertz CT molecular complexity index is 1160. The molecule has 1 atom stereocenters. The van der Waals surface area contributed by atoms with E-state index in [9.17, 15) is 22.4 Å². The average molecular weight is 427 g/mol. The molecule has 0 unspecified atom stereocenters. The van der Waals surface area contributed by atoms with Crippen molar-refractivity contribution in [3.63, 3.8) is 0 Å². The zero-order valence-corrected chi connectivity index (χ0v) is 16.7. The summed E-state index contributed by atoms with van der Waals surface area (Å²) >= 11 is 0. The topological polar surface area (TPSA) is 89.5 Å². The molecule has 0 bridgehead atoms. The van der Waals surface area contributed by atoms with Gasteiger partial charge >= 0.3 is 5.97 Å². The van der Waals surface area contributed by atoms with E-state index in [4.69, 9.17) is 4.74 Å². The maximum Gasteiger partial charge on any atom is 0.340 e. The van der Waals surface area contributed by atoms with Gasteiger partial charge in [-0.1, -0.05) is 42.5 Å². The minimum atomic E-state index is -4.07. The minimum absolute atomic E-state index is 0.0221. The molecule has 1 N–H and O–H groups in total. The van der Waals surface area contributed by atoms with Crippen LogP contribution < -0.4 is 4.72 Å². The number of Topliss-reactive ketones (excluding diaryl/α,β-unsaturated/α-hetero) is 1. The molecule has 3 rings (SSSR count). The quantitative estimate of drug-likeness (QED) is 0.454. The van der Waals surface area contributed by atoms with E-state index in [2.05, 4.69) is 4.72 Å². The molecule has 0 radical (unpaired) electrons. The molecule has 6 nitrogen and oxygen atoms in total. The van der Waals surface area contributed by atoms with Crippen molar-refractivity contribution >= 4 is 27.5 Å². The highest BCUT2D eigenvalue weighted by atomic mass is 32.2. The van der Waals surface area contributed by atoms with Crippen molar-refractivity contribution in [1.82, 2.24) is 0 Å². The summed E-state index contributed by atoms with van der Waals surface area (Å²) < 4.78 is 45.8. The van der Waals surface area contributed by atoms with Gasteiger partial charge in [0, 0.05) is 5.56 Å². The summed E-state index contributed by atoms with van der Waals surface area (Å²) in [5, 5.41) is 0. The maximum atomic E-state index is 13.1. The van der Waals surface area contributed by atoms with Crippen LogP contribution in [-0.4, -0.2) is 26.3 Å². The van der Waals surface area contributed by atoms with Gasteiger partial charge in [-0.25, -0.2) is 17.6 Å². The third kappa shape index (κ3) is 4.90. The van der Waals surface area contributed by atoms with E-state index in [-0.39, 0.29) is 21.9 Å². The molecule has 0 aliphatic carbocycles.